The standard InChI is InChI=1S/C7H15NO.CH4O/c1-3-5-6-8-7(9)4-2;1-2/h3-6H2,1-2H3,(H,8,9);2H,1H3. The van der Waals surface area contributed by atoms with Crippen LogP contribution >= 0.6 is 0 Å². The Kier molecular flexibility index (Phi) is 14.4. The first kappa shape index (κ1) is 13.1. The fourth-order valence-electron chi connectivity index (χ4n) is 0.530. The summed E-state index contributed by atoms with van der Waals surface area (Å²) in [4.78, 5) is 10.6. The predicted molar refractivity (Wildman–Crippen MR) is 46.4 cm³/mol. The van der Waals surface area contributed by atoms with Gasteiger partial charge in [-0.15, -0.1) is 0 Å². The molecule has 0 aromatic heterocycles. The SMILES string of the molecule is CCCCNC(=O)CC.CO. The van der Waals surface area contributed by atoms with Crippen molar-refractivity contribution in [2.75, 3.05) is 13.7 Å². The molecule has 3 nitrogen and oxygen atoms in total. The van der Waals surface area contributed by atoms with Gasteiger partial charge in [0.05, 0.1) is 0 Å². The van der Waals surface area contributed by atoms with E-state index in [0.29, 0.717) is 6.42 Å². The predicted octanol–water partition coefficient (Wildman–Crippen LogP) is 0.921. The second-order valence-corrected chi connectivity index (χ2v) is 2.06. The van der Waals surface area contributed by atoms with Gasteiger partial charge in [0.1, 0.15) is 0 Å². The molecule has 0 unspecified atom stereocenters. The van der Waals surface area contributed by atoms with Crippen molar-refractivity contribution in [2.45, 2.75) is 33.1 Å². The van der Waals surface area contributed by atoms with Crippen molar-refractivity contribution < 1.29 is 9.90 Å². The molecule has 2 N–H and O–H groups in total. The zero-order chi connectivity index (χ0) is 9.11. The van der Waals surface area contributed by atoms with Crippen LogP contribution in [0.2, 0.25) is 0 Å². The Hall–Kier alpha value is -0.570. The van der Waals surface area contributed by atoms with E-state index in [9.17, 15) is 4.79 Å². The summed E-state index contributed by atoms with van der Waals surface area (Å²) in [6, 6.07) is 0. The second kappa shape index (κ2) is 12.1. The number of rotatable bonds is 4. The van der Waals surface area contributed by atoms with Crippen LogP contribution in [0, 0.1) is 0 Å². The minimum atomic E-state index is 0.156. The molecule has 0 radical (unpaired) electrons. The summed E-state index contributed by atoms with van der Waals surface area (Å²) in [5.74, 6) is 0.156. The largest absolute Gasteiger partial charge is 0.400 e. The minimum absolute atomic E-state index is 0.156. The molecule has 3 heteroatoms. The van der Waals surface area contributed by atoms with Gasteiger partial charge in [0, 0.05) is 20.1 Å². The first-order valence-electron chi connectivity index (χ1n) is 4.02. The Labute approximate surface area is 68.8 Å². The number of amides is 1. The Morgan fingerprint density at radius 1 is 1.36 bits per heavy atom. The molecule has 1 amide bonds. The van der Waals surface area contributed by atoms with E-state index in [0.717, 1.165) is 26.5 Å². The molecule has 11 heavy (non-hydrogen) atoms. The van der Waals surface area contributed by atoms with Crippen LogP contribution in [0.3, 0.4) is 0 Å². The van der Waals surface area contributed by atoms with Gasteiger partial charge in [0.25, 0.3) is 0 Å². The molecule has 0 fully saturated rings. The van der Waals surface area contributed by atoms with E-state index in [1.54, 1.807) is 0 Å². The van der Waals surface area contributed by atoms with Crippen LogP contribution in [0.5, 0.6) is 0 Å². The number of aliphatic hydroxyl groups excluding tert-OH is 1. The molecule has 0 spiro atoms. The molecular formula is C8H19NO2. The lowest BCUT2D eigenvalue weighted by molar-refractivity contribution is -0.120. The number of carbonyl (C=O) groups excluding carboxylic acids is 1. The maximum atomic E-state index is 10.6. The van der Waals surface area contributed by atoms with Crippen LogP contribution in [0.4, 0.5) is 0 Å². The van der Waals surface area contributed by atoms with Gasteiger partial charge in [0.2, 0.25) is 5.91 Å². The lowest BCUT2D eigenvalue weighted by Crippen LogP contribution is -2.22. The molecule has 0 atom stereocenters. The van der Waals surface area contributed by atoms with Gasteiger partial charge >= 0.3 is 0 Å². The Morgan fingerprint density at radius 3 is 2.27 bits per heavy atom. The third-order valence-corrected chi connectivity index (χ3v) is 1.17. The molecule has 0 aliphatic carbocycles. The van der Waals surface area contributed by atoms with Crippen molar-refractivity contribution in [1.29, 1.82) is 0 Å². The molecule has 0 rings (SSSR count). The van der Waals surface area contributed by atoms with Gasteiger partial charge in [-0.1, -0.05) is 20.3 Å². The maximum Gasteiger partial charge on any atom is 0.219 e. The first-order chi connectivity index (χ1) is 5.31. The molecule has 0 saturated carbocycles. The van der Waals surface area contributed by atoms with Gasteiger partial charge in [-0.25, -0.2) is 0 Å². The topological polar surface area (TPSA) is 49.3 Å². The lowest BCUT2D eigenvalue weighted by Gasteiger charge is -1.99. The van der Waals surface area contributed by atoms with Gasteiger partial charge in [-0.05, 0) is 6.42 Å². The molecule has 0 aromatic rings. The van der Waals surface area contributed by atoms with E-state index < -0.39 is 0 Å². The summed E-state index contributed by atoms with van der Waals surface area (Å²) in [5, 5.41) is 9.79. The maximum absolute atomic E-state index is 10.6. The van der Waals surface area contributed by atoms with Gasteiger partial charge < -0.3 is 10.4 Å². The van der Waals surface area contributed by atoms with Crippen LogP contribution in [0.15, 0.2) is 0 Å². The van der Waals surface area contributed by atoms with E-state index in [2.05, 4.69) is 12.2 Å². The van der Waals surface area contributed by atoms with Crippen LogP contribution < -0.4 is 5.32 Å². The summed E-state index contributed by atoms with van der Waals surface area (Å²) < 4.78 is 0. The minimum Gasteiger partial charge on any atom is -0.400 e. The van der Waals surface area contributed by atoms with Crippen molar-refractivity contribution in [2.24, 2.45) is 0 Å². The Balaban J connectivity index is 0. The fourth-order valence-corrected chi connectivity index (χ4v) is 0.530. The average Bonchev–Trinajstić information content (AvgIpc) is 2.08. The summed E-state index contributed by atoms with van der Waals surface area (Å²) in [5.41, 5.74) is 0. The normalized spacial score (nSPS) is 8.00. The quantitative estimate of drug-likeness (QED) is 0.602. The smallest absolute Gasteiger partial charge is 0.219 e. The van der Waals surface area contributed by atoms with Crippen LogP contribution in [0.25, 0.3) is 0 Å². The monoisotopic (exact) mass is 161 g/mol. The molecule has 68 valence electrons. The van der Waals surface area contributed by atoms with Crippen molar-refractivity contribution in [3.8, 4) is 0 Å². The van der Waals surface area contributed by atoms with Crippen LogP contribution in [-0.4, -0.2) is 24.7 Å². The zero-order valence-electron chi connectivity index (χ0n) is 7.68. The summed E-state index contributed by atoms with van der Waals surface area (Å²) in [6.45, 7) is 4.81. The molecule has 0 aliphatic heterocycles. The number of hydrogen-bond acceptors (Lipinski definition) is 2. The lowest BCUT2D eigenvalue weighted by atomic mass is 10.3. The first-order valence-corrected chi connectivity index (χ1v) is 4.02. The van der Waals surface area contributed by atoms with E-state index in [1.807, 2.05) is 6.92 Å². The summed E-state index contributed by atoms with van der Waals surface area (Å²) in [7, 11) is 1.00. The third-order valence-electron chi connectivity index (χ3n) is 1.17. The van der Waals surface area contributed by atoms with Crippen molar-refractivity contribution in [3.63, 3.8) is 0 Å². The molecule has 0 aromatic carbocycles. The molecule has 0 heterocycles. The highest BCUT2D eigenvalue weighted by Gasteiger charge is 1.91. The molecule has 0 aliphatic rings. The third kappa shape index (κ3) is 12.6. The van der Waals surface area contributed by atoms with Gasteiger partial charge in [0.15, 0.2) is 0 Å². The van der Waals surface area contributed by atoms with E-state index in [4.69, 9.17) is 5.11 Å². The number of aliphatic hydroxyl groups is 1. The zero-order valence-corrected chi connectivity index (χ0v) is 7.68. The highest BCUT2D eigenvalue weighted by molar-refractivity contribution is 5.75. The number of hydrogen-bond donors (Lipinski definition) is 2. The number of unbranched alkanes of at least 4 members (excludes halogenated alkanes) is 1. The average molecular weight is 161 g/mol. The van der Waals surface area contributed by atoms with E-state index in [1.165, 1.54) is 0 Å². The van der Waals surface area contributed by atoms with Crippen molar-refractivity contribution in [3.05, 3.63) is 0 Å². The van der Waals surface area contributed by atoms with Crippen molar-refractivity contribution in [1.82, 2.24) is 5.32 Å². The van der Waals surface area contributed by atoms with Gasteiger partial charge in [-0.3, -0.25) is 4.79 Å². The van der Waals surface area contributed by atoms with E-state index >= 15 is 0 Å². The highest BCUT2D eigenvalue weighted by Crippen LogP contribution is 1.83. The summed E-state index contributed by atoms with van der Waals surface area (Å²) >= 11 is 0. The number of carbonyl (C=O) groups is 1. The van der Waals surface area contributed by atoms with Crippen LogP contribution in [0.1, 0.15) is 33.1 Å². The molecular weight excluding hydrogens is 142 g/mol. The number of nitrogens with one attached hydrogen (secondary N) is 1. The van der Waals surface area contributed by atoms with E-state index in [-0.39, 0.29) is 5.91 Å². The Morgan fingerprint density at radius 2 is 1.91 bits per heavy atom. The van der Waals surface area contributed by atoms with Crippen LogP contribution in [-0.2, 0) is 4.79 Å². The highest BCUT2D eigenvalue weighted by atomic mass is 16.2. The second-order valence-electron chi connectivity index (χ2n) is 2.06. The molecule has 0 saturated heterocycles. The van der Waals surface area contributed by atoms with Crippen molar-refractivity contribution >= 4 is 5.91 Å². The Bertz CT molecular complexity index is 84.2. The fraction of sp³-hybridized carbons (Fsp3) is 0.875. The molecule has 0 bridgehead atoms. The van der Waals surface area contributed by atoms with Gasteiger partial charge in [-0.2, -0.15) is 0 Å². The summed E-state index contributed by atoms with van der Waals surface area (Å²) in [6.07, 6.45) is 2.83.